The standard InChI is InChI=1S/C31H47N5O5/c1-29(2,3)16-21(37)34-25(30(4,5)6)28(41)36-17-19-22(31(19,7)8)23(36)26(39)33-20(24(38)27(40)35(9)10)15-18-13-11-12-14-32-18/h11-14,19-20,22-23,25H,15-17H2,1-10H3,(H,33,39)(H,34,37)/t19-,20-,22-,23-,25?/m0/s1. The number of ketones is 1. The second kappa shape index (κ2) is 11.5. The van der Waals surface area contributed by atoms with E-state index in [-0.39, 0.29) is 47.3 Å². The van der Waals surface area contributed by atoms with Gasteiger partial charge in [0.25, 0.3) is 5.91 Å². The lowest BCUT2D eigenvalue weighted by molar-refractivity contribution is -0.147. The van der Waals surface area contributed by atoms with Gasteiger partial charge in [-0.25, -0.2) is 0 Å². The van der Waals surface area contributed by atoms with Gasteiger partial charge in [0.15, 0.2) is 0 Å². The average molecular weight is 570 g/mol. The summed E-state index contributed by atoms with van der Waals surface area (Å²) in [5.41, 5.74) is -0.470. The fourth-order valence-electron chi connectivity index (χ4n) is 5.89. The Labute approximate surface area is 244 Å². The molecule has 1 aliphatic heterocycles. The first-order valence-corrected chi connectivity index (χ1v) is 14.3. The topological polar surface area (TPSA) is 129 Å². The van der Waals surface area contributed by atoms with Crippen molar-refractivity contribution in [2.45, 2.75) is 86.4 Å². The Morgan fingerprint density at radius 1 is 1.05 bits per heavy atom. The van der Waals surface area contributed by atoms with Crippen LogP contribution in [-0.4, -0.2) is 83.0 Å². The molecule has 4 amide bonds. The monoisotopic (exact) mass is 569 g/mol. The Bertz CT molecular complexity index is 1180. The highest BCUT2D eigenvalue weighted by Crippen LogP contribution is 2.65. The quantitative estimate of drug-likeness (QED) is 0.439. The number of amides is 4. The van der Waals surface area contributed by atoms with Crippen molar-refractivity contribution in [2.24, 2.45) is 28.1 Å². The average Bonchev–Trinajstić information content (AvgIpc) is 3.17. The molecule has 0 spiro atoms. The van der Waals surface area contributed by atoms with Crippen molar-refractivity contribution in [3.63, 3.8) is 0 Å². The molecule has 0 aromatic carbocycles. The van der Waals surface area contributed by atoms with Crippen LogP contribution in [0.3, 0.4) is 0 Å². The van der Waals surface area contributed by atoms with Crippen LogP contribution in [0.1, 0.15) is 67.5 Å². The second-order valence-corrected chi connectivity index (χ2v) is 14.6. The summed E-state index contributed by atoms with van der Waals surface area (Å²) in [4.78, 5) is 73.8. The van der Waals surface area contributed by atoms with Crippen LogP contribution in [0.2, 0.25) is 0 Å². The van der Waals surface area contributed by atoms with Crippen molar-refractivity contribution >= 4 is 29.4 Å². The minimum atomic E-state index is -1.14. The fourth-order valence-corrected chi connectivity index (χ4v) is 5.89. The highest BCUT2D eigenvalue weighted by Gasteiger charge is 2.70. The van der Waals surface area contributed by atoms with Crippen LogP contribution in [0.4, 0.5) is 0 Å². The maximum atomic E-state index is 14.1. The van der Waals surface area contributed by atoms with Crippen molar-refractivity contribution in [1.82, 2.24) is 25.4 Å². The zero-order chi connectivity index (χ0) is 31.1. The number of nitrogens with one attached hydrogen (secondary N) is 2. The number of likely N-dealkylation sites (tertiary alicyclic amines) is 1. The van der Waals surface area contributed by atoms with Gasteiger partial charge in [0.1, 0.15) is 18.1 Å². The molecule has 1 saturated carbocycles. The summed E-state index contributed by atoms with van der Waals surface area (Å²) in [7, 11) is 2.96. The lowest BCUT2D eigenvalue weighted by atomic mass is 9.84. The van der Waals surface area contributed by atoms with Gasteiger partial charge in [0, 0.05) is 45.4 Å². The normalized spacial score (nSPS) is 22.7. The van der Waals surface area contributed by atoms with Crippen LogP contribution in [-0.2, 0) is 30.4 Å². The Kier molecular flexibility index (Phi) is 9.06. The van der Waals surface area contributed by atoms with Crippen LogP contribution in [0, 0.1) is 28.1 Å². The van der Waals surface area contributed by atoms with Gasteiger partial charge in [-0.15, -0.1) is 0 Å². The molecule has 1 aliphatic carbocycles. The van der Waals surface area contributed by atoms with E-state index in [4.69, 9.17) is 0 Å². The Hall–Kier alpha value is -3.30. The van der Waals surface area contributed by atoms with Gasteiger partial charge in [-0.05, 0) is 40.2 Å². The van der Waals surface area contributed by atoms with E-state index >= 15 is 0 Å². The molecule has 2 aliphatic rings. The van der Waals surface area contributed by atoms with Crippen LogP contribution in [0.15, 0.2) is 24.4 Å². The van der Waals surface area contributed by atoms with Gasteiger partial charge in [0.2, 0.25) is 23.5 Å². The number of fused-ring (bicyclic) bond motifs is 1. The molecular formula is C31H47N5O5. The summed E-state index contributed by atoms with van der Waals surface area (Å²) in [6.45, 7) is 16.1. The molecule has 3 rings (SSSR count). The molecule has 41 heavy (non-hydrogen) atoms. The molecule has 0 radical (unpaired) electrons. The molecule has 10 nitrogen and oxygen atoms in total. The van der Waals surface area contributed by atoms with Crippen molar-refractivity contribution in [2.75, 3.05) is 20.6 Å². The highest BCUT2D eigenvalue weighted by atomic mass is 16.2. The van der Waals surface area contributed by atoms with E-state index in [1.807, 2.05) is 41.5 Å². The molecule has 2 N–H and O–H groups in total. The largest absolute Gasteiger partial charge is 0.344 e. The van der Waals surface area contributed by atoms with Crippen molar-refractivity contribution in [3.8, 4) is 0 Å². The molecule has 1 saturated heterocycles. The Morgan fingerprint density at radius 2 is 1.68 bits per heavy atom. The number of nitrogens with zero attached hydrogens (tertiary/aromatic N) is 3. The van der Waals surface area contributed by atoms with Gasteiger partial charge < -0.3 is 20.4 Å². The van der Waals surface area contributed by atoms with Crippen molar-refractivity contribution < 1.29 is 24.0 Å². The van der Waals surface area contributed by atoms with Crippen molar-refractivity contribution in [3.05, 3.63) is 30.1 Å². The number of rotatable bonds is 9. The summed E-state index contributed by atoms with van der Waals surface area (Å²) in [5.74, 6) is -2.50. The third-order valence-electron chi connectivity index (χ3n) is 8.26. The summed E-state index contributed by atoms with van der Waals surface area (Å²) >= 11 is 0. The molecule has 0 bridgehead atoms. The molecule has 5 atom stereocenters. The highest BCUT2D eigenvalue weighted by molar-refractivity contribution is 6.38. The summed E-state index contributed by atoms with van der Waals surface area (Å²) in [6.07, 6.45) is 1.88. The molecule has 1 aromatic rings. The molecule has 10 heteroatoms. The van der Waals surface area contributed by atoms with Crippen LogP contribution in [0.5, 0.6) is 0 Å². The first-order chi connectivity index (χ1) is 18.8. The predicted octanol–water partition coefficient (Wildman–Crippen LogP) is 2.22. The van der Waals surface area contributed by atoms with Crippen molar-refractivity contribution in [1.29, 1.82) is 0 Å². The molecule has 2 fully saturated rings. The van der Waals surface area contributed by atoms with Crippen LogP contribution < -0.4 is 10.6 Å². The zero-order valence-electron chi connectivity index (χ0n) is 26.2. The lowest BCUT2D eigenvalue weighted by Crippen LogP contribution is -2.60. The van der Waals surface area contributed by atoms with E-state index in [1.165, 1.54) is 19.0 Å². The number of aromatic nitrogens is 1. The predicted molar refractivity (Wildman–Crippen MR) is 155 cm³/mol. The SMILES string of the molecule is CN(C)C(=O)C(=O)[C@H](Cc1ccccn1)NC(=O)[C@@H]1[C@@H]2[C@H](CN1C(=O)C(NC(=O)CC(C)(C)C)C(C)(C)C)C2(C)C. The molecular weight excluding hydrogens is 522 g/mol. The zero-order valence-corrected chi connectivity index (χ0v) is 26.2. The molecule has 1 aromatic heterocycles. The molecule has 1 unspecified atom stereocenters. The van der Waals surface area contributed by atoms with E-state index in [0.717, 1.165) is 0 Å². The number of Topliss-reactive ketones (excluding diaryl/α,β-unsaturated/α-hetero) is 1. The number of hydrogen-bond acceptors (Lipinski definition) is 6. The van der Waals surface area contributed by atoms with Gasteiger partial charge in [-0.1, -0.05) is 61.5 Å². The maximum absolute atomic E-state index is 14.1. The third kappa shape index (κ3) is 7.32. The number of carbonyl (C=O) groups excluding carboxylic acids is 5. The lowest BCUT2D eigenvalue weighted by Gasteiger charge is -2.38. The van der Waals surface area contributed by atoms with E-state index in [0.29, 0.717) is 12.2 Å². The summed E-state index contributed by atoms with van der Waals surface area (Å²) < 4.78 is 0. The fraction of sp³-hybridized carbons (Fsp3) is 0.677. The number of hydrogen-bond donors (Lipinski definition) is 2. The third-order valence-corrected chi connectivity index (χ3v) is 8.26. The Balaban J connectivity index is 1.90. The van der Waals surface area contributed by atoms with Gasteiger partial charge in [0.05, 0.1) is 0 Å². The van der Waals surface area contributed by atoms with Crippen LogP contribution in [0.25, 0.3) is 0 Å². The number of likely N-dealkylation sites (N-methyl/N-ethyl adjacent to an activating group) is 1. The van der Waals surface area contributed by atoms with E-state index in [2.05, 4.69) is 29.5 Å². The van der Waals surface area contributed by atoms with E-state index < -0.39 is 41.1 Å². The minimum Gasteiger partial charge on any atom is -0.344 e. The second-order valence-electron chi connectivity index (χ2n) is 14.6. The first kappa shape index (κ1) is 32.2. The molecule has 2 heterocycles. The van der Waals surface area contributed by atoms with Gasteiger partial charge in [-0.2, -0.15) is 0 Å². The van der Waals surface area contributed by atoms with E-state index in [1.54, 1.807) is 29.3 Å². The van der Waals surface area contributed by atoms with E-state index in [9.17, 15) is 24.0 Å². The minimum absolute atomic E-state index is 0.0383. The smallest absolute Gasteiger partial charge is 0.291 e. The number of piperidine rings is 1. The first-order valence-electron chi connectivity index (χ1n) is 14.3. The van der Waals surface area contributed by atoms with Gasteiger partial charge in [-0.3, -0.25) is 29.0 Å². The summed E-state index contributed by atoms with van der Waals surface area (Å²) in [5, 5.41) is 5.76. The Morgan fingerprint density at radius 3 is 2.20 bits per heavy atom. The summed E-state index contributed by atoms with van der Waals surface area (Å²) in [6, 6.07) is 2.43. The molecule has 226 valence electrons. The van der Waals surface area contributed by atoms with Gasteiger partial charge >= 0.3 is 0 Å². The number of carbonyl (C=O) groups is 5. The number of pyridine rings is 1. The van der Waals surface area contributed by atoms with Crippen LogP contribution >= 0.6 is 0 Å². The maximum Gasteiger partial charge on any atom is 0.291 e.